The molecule has 96 heavy (non-hydrogen) atoms. The van der Waals surface area contributed by atoms with E-state index in [0.717, 1.165) is 183 Å². The first-order valence-corrected chi connectivity index (χ1v) is 32.6. The summed E-state index contributed by atoms with van der Waals surface area (Å²) in [4.78, 5) is 4.98. The third-order valence-electron chi connectivity index (χ3n) is 19.7. The Hall–Kier alpha value is -12.5. The quantitative estimate of drug-likeness (QED) is 0.117. The molecule has 0 N–H and O–H groups in total. The molecule has 0 saturated carbocycles. The number of furan rings is 3. The van der Waals surface area contributed by atoms with E-state index in [2.05, 4.69) is 277 Å². The van der Waals surface area contributed by atoms with Crippen LogP contribution < -0.4 is 9.30 Å². The number of benzene rings is 13. The molecular formula is C88H56N4O4. The summed E-state index contributed by atoms with van der Waals surface area (Å²) in [5, 5.41) is 8.69. The smallest absolute Gasteiger partial charge is 0.269 e. The summed E-state index contributed by atoms with van der Waals surface area (Å²) in [6.45, 7) is 6.72. The van der Waals surface area contributed by atoms with Crippen molar-refractivity contribution < 1.29 is 22.6 Å². The molecule has 8 heteroatoms. The van der Waals surface area contributed by atoms with Crippen LogP contribution in [0.5, 0.6) is 11.5 Å². The molecule has 20 rings (SSSR count). The fraction of sp³-hybridized carbons (Fsp3) is 0.0455. The number of fused-ring (bicyclic) bond motifs is 19. The minimum absolute atomic E-state index is 0.0643. The number of pyridine rings is 1. The Morgan fingerprint density at radius 2 is 0.875 bits per heavy atom. The molecule has 7 heterocycles. The molecule has 6 aromatic heterocycles. The van der Waals surface area contributed by atoms with Crippen LogP contribution in [0.2, 0.25) is 0 Å². The van der Waals surface area contributed by atoms with Crippen LogP contribution in [0, 0.1) is 6.33 Å². The van der Waals surface area contributed by atoms with Crippen LogP contribution >= 0.6 is 0 Å². The topological polar surface area (TPSA) is 75.3 Å². The molecule has 1 aliphatic heterocycles. The van der Waals surface area contributed by atoms with E-state index >= 15 is 0 Å². The highest BCUT2D eigenvalue weighted by atomic mass is 16.5. The molecular weight excluding hydrogens is 1180 g/mol. The van der Waals surface area contributed by atoms with Gasteiger partial charge in [-0.1, -0.05) is 178 Å². The molecule has 13 aromatic carbocycles. The number of para-hydroxylation sites is 5. The molecule has 0 radical (unpaired) electrons. The van der Waals surface area contributed by atoms with Crippen molar-refractivity contribution in [1.82, 2.24) is 14.1 Å². The van der Waals surface area contributed by atoms with Crippen molar-refractivity contribution >= 4 is 98.7 Å². The first-order valence-electron chi connectivity index (χ1n) is 32.6. The number of imidazole rings is 1. The highest BCUT2D eigenvalue weighted by molar-refractivity contribution is 6.12. The van der Waals surface area contributed by atoms with Gasteiger partial charge in [-0.25, -0.2) is 4.98 Å². The lowest BCUT2D eigenvalue weighted by atomic mass is 9.86. The summed E-state index contributed by atoms with van der Waals surface area (Å²) in [6, 6.07) is 99.8. The number of nitrogens with zero attached hydrogens (tertiary/aromatic N) is 4. The van der Waals surface area contributed by atoms with Gasteiger partial charge in [0.1, 0.15) is 50.8 Å². The molecule has 1 aliphatic rings. The molecule has 0 unspecified atom stereocenters. The zero-order valence-electron chi connectivity index (χ0n) is 52.6. The average molecular weight is 1230 g/mol. The molecule has 0 bridgehead atoms. The first kappa shape index (κ1) is 54.1. The number of hydrogen-bond donors (Lipinski definition) is 0. The Labute approximate surface area is 551 Å². The van der Waals surface area contributed by atoms with Gasteiger partial charge in [-0.2, -0.15) is 0 Å². The van der Waals surface area contributed by atoms with Gasteiger partial charge in [-0.3, -0.25) is 13.7 Å². The Morgan fingerprint density at radius 1 is 0.354 bits per heavy atom. The highest BCUT2D eigenvalue weighted by Crippen LogP contribution is 2.49. The Balaban J connectivity index is 0.840. The van der Waals surface area contributed by atoms with Crippen molar-refractivity contribution in [2.24, 2.45) is 0 Å². The third-order valence-corrected chi connectivity index (χ3v) is 19.7. The summed E-state index contributed by atoms with van der Waals surface area (Å²) in [5.74, 6) is 2.24. The summed E-state index contributed by atoms with van der Waals surface area (Å²) < 4.78 is 33.3. The van der Waals surface area contributed by atoms with Crippen molar-refractivity contribution in [2.75, 3.05) is 0 Å². The van der Waals surface area contributed by atoms with E-state index < -0.39 is 0 Å². The maximum atomic E-state index is 7.09. The minimum Gasteiger partial charge on any atom is -0.458 e. The SMILES string of the molecule is CC(C)(C)c1ccnc(-n2c3ccccc3c3ccc(Oc4cccc(-n5[c-][n+]6c7c(cc(-c8ccc9oc%10ccccc%10c9c8)cc75)-c5ccccc5-c5ccc(-c7ccc8oc9ccccc9c8c7)cc5-c5cccc(-c7ccc8oc9ccccc9c8c7)c5-6)c4)cc32)c1. The zero-order chi connectivity index (χ0) is 63.5. The van der Waals surface area contributed by atoms with Crippen molar-refractivity contribution in [1.29, 1.82) is 0 Å². The van der Waals surface area contributed by atoms with Crippen LogP contribution in [0.4, 0.5) is 0 Å². The van der Waals surface area contributed by atoms with Gasteiger partial charge in [0.25, 0.3) is 6.33 Å². The van der Waals surface area contributed by atoms with Gasteiger partial charge in [0.15, 0.2) is 0 Å². The molecule has 0 atom stereocenters. The van der Waals surface area contributed by atoms with Gasteiger partial charge in [-0.15, -0.1) is 0 Å². The Bertz CT molecular complexity index is 6500. The van der Waals surface area contributed by atoms with Gasteiger partial charge in [0, 0.05) is 55.4 Å². The fourth-order valence-corrected chi connectivity index (χ4v) is 15.1. The minimum atomic E-state index is -0.0643. The van der Waals surface area contributed by atoms with Crippen LogP contribution in [-0.2, 0) is 5.41 Å². The second-order valence-electron chi connectivity index (χ2n) is 26.4. The van der Waals surface area contributed by atoms with Crippen molar-refractivity contribution in [3.63, 3.8) is 0 Å². The average Bonchev–Trinajstić information content (AvgIpc) is 1.53. The van der Waals surface area contributed by atoms with E-state index in [9.17, 15) is 0 Å². The largest absolute Gasteiger partial charge is 0.458 e. The van der Waals surface area contributed by atoms with Crippen LogP contribution in [0.15, 0.2) is 299 Å². The fourth-order valence-electron chi connectivity index (χ4n) is 15.1. The molecule has 0 aliphatic carbocycles. The van der Waals surface area contributed by atoms with Gasteiger partial charge in [0.2, 0.25) is 0 Å². The van der Waals surface area contributed by atoms with Gasteiger partial charge in [-0.05, 0) is 193 Å². The monoisotopic (exact) mass is 1230 g/mol. The number of ether oxygens (including phenoxy) is 1. The predicted octanol–water partition coefficient (Wildman–Crippen LogP) is 23.3. The van der Waals surface area contributed by atoms with E-state index in [4.69, 9.17) is 23.0 Å². The number of hydrogen-bond acceptors (Lipinski definition) is 5. The normalized spacial score (nSPS) is 12.3. The van der Waals surface area contributed by atoms with Gasteiger partial charge >= 0.3 is 0 Å². The molecule has 452 valence electrons. The van der Waals surface area contributed by atoms with Crippen molar-refractivity contribution in [3.05, 3.63) is 297 Å². The van der Waals surface area contributed by atoms with Crippen LogP contribution in [0.1, 0.15) is 26.3 Å². The maximum absolute atomic E-state index is 7.09. The lowest BCUT2D eigenvalue weighted by Gasteiger charge is -2.20. The van der Waals surface area contributed by atoms with Crippen LogP contribution in [0.25, 0.3) is 183 Å². The second kappa shape index (κ2) is 20.5. The summed E-state index contributed by atoms with van der Waals surface area (Å²) >= 11 is 0. The van der Waals surface area contributed by atoms with Gasteiger partial charge in [0.05, 0.1) is 33.4 Å². The molecule has 0 fully saturated rings. The number of aromatic nitrogens is 4. The maximum Gasteiger partial charge on any atom is 0.269 e. The lowest BCUT2D eigenvalue weighted by Crippen LogP contribution is -2.32. The van der Waals surface area contributed by atoms with Crippen molar-refractivity contribution in [2.45, 2.75) is 26.2 Å². The van der Waals surface area contributed by atoms with Crippen LogP contribution in [0.3, 0.4) is 0 Å². The van der Waals surface area contributed by atoms with Crippen molar-refractivity contribution in [3.8, 4) is 95.5 Å². The molecule has 0 saturated heterocycles. The highest BCUT2D eigenvalue weighted by Gasteiger charge is 2.29. The zero-order valence-corrected chi connectivity index (χ0v) is 52.6. The Kier molecular flexibility index (Phi) is 11.5. The summed E-state index contributed by atoms with van der Waals surface area (Å²) in [7, 11) is 0. The predicted molar refractivity (Wildman–Crippen MR) is 389 cm³/mol. The van der Waals surface area contributed by atoms with Crippen LogP contribution in [-0.4, -0.2) is 14.1 Å². The third kappa shape index (κ3) is 8.34. The standard InChI is InChI=1S/C88H56N4O4/c1-88(2,3)57-40-41-89-85(48-57)92-76-26-10-6-20-65(76)66-36-34-60(50-77(66)92)93-59-17-14-16-58(49-59)90-51-91-86-61(55-33-39-84-74(45-55)69-23-9-13-29-81(69)96-84)24-15-25-70(86)71-42-52(53-31-37-82-72(43-53)67-21-7-11-27-79(67)94-82)30-35-64(71)62-18-4-5-19-63(62)75-46-56(47-78(90)87(75)91)54-32-38-83-73(44-54)68-22-8-12-28-80(68)95-83/h4-50H,1-3H3. The number of rotatable bonds is 7. The van der Waals surface area contributed by atoms with Gasteiger partial charge < -0.3 is 18.0 Å². The summed E-state index contributed by atoms with van der Waals surface area (Å²) in [6.07, 6.45) is 6.06. The Morgan fingerprint density at radius 3 is 1.57 bits per heavy atom. The lowest BCUT2D eigenvalue weighted by molar-refractivity contribution is -0.570. The van der Waals surface area contributed by atoms with E-state index in [1.807, 2.05) is 48.7 Å². The first-order chi connectivity index (χ1) is 47.2. The van der Waals surface area contributed by atoms with E-state index in [1.165, 1.54) is 5.56 Å². The molecule has 0 amide bonds. The summed E-state index contributed by atoms with van der Waals surface area (Å²) in [5.41, 5.74) is 25.0. The van der Waals surface area contributed by atoms with E-state index in [0.29, 0.717) is 11.5 Å². The van der Waals surface area contributed by atoms with E-state index in [1.54, 1.807) is 0 Å². The molecule has 0 spiro atoms. The molecule has 19 aromatic rings. The second-order valence-corrected chi connectivity index (χ2v) is 26.4. The molecule has 8 nitrogen and oxygen atoms in total. The van der Waals surface area contributed by atoms with E-state index in [-0.39, 0.29) is 5.41 Å².